The summed E-state index contributed by atoms with van der Waals surface area (Å²) >= 11 is 0. The van der Waals surface area contributed by atoms with Gasteiger partial charge in [-0.15, -0.1) is 5.73 Å². The van der Waals surface area contributed by atoms with Crippen LogP contribution in [0, 0.1) is 5.41 Å². The third kappa shape index (κ3) is 5.71. The van der Waals surface area contributed by atoms with E-state index in [9.17, 15) is 0 Å². The maximum atomic E-state index is 3.76. The molecule has 0 saturated carbocycles. The highest BCUT2D eigenvalue weighted by Gasteiger charge is 2.15. The first-order valence-electron chi connectivity index (χ1n) is 5.41. The van der Waals surface area contributed by atoms with Gasteiger partial charge in [0.25, 0.3) is 0 Å². The molecule has 0 aromatic rings. The average Bonchev–Trinajstić information content (AvgIpc) is 2.02. The molecular weight excluding hydrogens is 156 g/mol. The number of rotatable bonds is 5. The van der Waals surface area contributed by atoms with Crippen LogP contribution in [0.5, 0.6) is 0 Å². The van der Waals surface area contributed by atoms with Gasteiger partial charge in [-0.1, -0.05) is 53.5 Å². The zero-order valence-corrected chi connectivity index (χ0v) is 9.74. The van der Waals surface area contributed by atoms with Crippen molar-refractivity contribution in [2.24, 2.45) is 5.41 Å². The van der Waals surface area contributed by atoms with Crippen LogP contribution in [0.4, 0.5) is 0 Å². The van der Waals surface area contributed by atoms with Crippen molar-refractivity contribution in [2.45, 2.75) is 59.8 Å². The molecule has 0 aliphatic rings. The summed E-state index contributed by atoms with van der Waals surface area (Å²) in [5.74, 6) is 0. The van der Waals surface area contributed by atoms with E-state index in [1.54, 1.807) is 0 Å². The van der Waals surface area contributed by atoms with E-state index in [0.29, 0.717) is 0 Å². The Bertz CT molecular complexity index is 175. The molecule has 0 radical (unpaired) electrons. The van der Waals surface area contributed by atoms with E-state index in [1.807, 2.05) is 0 Å². The summed E-state index contributed by atoms with van der Waals surface area (Å²) in [5, 5.41) is 0. The molecule has 0 spiro atoms. The van der Waals surface area contributed by atoms with Crippen LogP contribution in [0.3, 0.4) is 0 Å². The molecule has 76 valence electrons. The molecule has 0 rings (SSSR count). The highest BCUT2D eigenvalue weighted by atomic mass is 14.2. The Kier molecular flexibility index (Phi) is 5.82. The smallest absolute Gasteiger partial charge is 0.00973 e. The van der Waals surface area contributed by atoms with E-state index in [2.05, 4.69) is 40.0 Å². The fourth-order valence-electron chi connectivity index (χ4n) is 1.46. The minimum absolute atomic E-state index is 0.258. The molecule has 0 saturated heterocycles. The lowest BCUT2D eigenvalue weighted by Gasteiger charge is -2.20. The van der Waals surface area contributed by atoms with Crippen molar-refractivity contribution in [2.75, 3.05) is 0 Å². The number of hydrogen-bond acceptors (Lipinski definition) is 0. The van der Waals surface area contributed by atoms with E-state index in [0.717, 1.165) is 0 Å². The van der Waals surface area contributed by atoms with Crippen LogP contribution in [-0.2, 0) is 0 Å². The molecule has 0 aliphatic heterocycles. The Morgan fingerprint density at radius 3 is 2.15 bits per heavy atom. The van der Waals surface area contributed by atoms with Crippen molar-refractivity contribution in [1.29, 1.82) is 0 Å². The predicted molar refractivity (Wildman–Crippen MR) is 60.9 cm³/mol. The lowest BCUT2D eigenvalue weighted by atomic mass is 9.84. The van der Waals surface area contributed by atoms with Gasteiger partial charge in [-0.25, -0.2) is 0 Å². The summed E-state index contributed by atoms with van der Waals surface area (Å²) < 4.78 is 0. The van der Waals surface area contributed by atoms with E-state index in [1.165, 1.54) is 37.7 Å². The molecule has 0 nitrogen and oxygen atoms in total. The van der Waals surface area contributed by atoms with E-state index >= 15 is 0 Å². The van der Waals surface area contributed by atoms with Gasteiger partial charge >= 0.3 is 0 Å². The van der Waals surface area contributed by atoms with Gasteiger partial charge in [0, 0.05) is 0 Å². The quantitative estimate of drug-likeness (QED) is 0.424. The Labute approximate surface area is 83.7 Å². The van der Waals surface area contributed by atoms with Crippen molar-refractivity contribution in [3.8, 4) is 0 Å². The zero-order chi connectivity index (χ0) is 10.3. The summed E-state index contributed by atoms with van der Waals surface area (Å²) in [6.07, 6.45) is 6.48. The molecule has 0 heterocycles. The molecule has 0 unspecified atom stereocenters. The van der Waals surface area contributed by atoms with Crippen LogP contribution in [0.2, 0.25) is 0 Å². The van der Waals surface area contributed by atoms with Gasteiger partial charge in [-0.2, -0.15) is 0 Å². The van der Waals surface area contributed by atoms with Crippen LogP contribution in [0.15, 0.2) is 17.9 Å². The zero-order valence-electron chi connectivity index (χ0n) is 9.74. The minimum atomic E-state index is 0.258. The summed E-state index contributed by atoms with van der Waals surface area (Å²) in [5.41, 5.74) is 4.72. The molecule has 0 N–H and O–H groups in total. The first-order chi connectivity index (χ1) is 6.02. The molecule has 0 atom stereocenters. The molecule has 0 amide bonds. The highest BCUT2D eigenvalue weighted by molar-refractivity contribution is 5.08. The van der Waals surface area contributed by atoms with Gasteiger partial charge in [0.05, 0.1) is 0 Å². The van der Waals surface area contributed by atoms with E-state index in [-0.39, 0.29) is 5.41 Å². The van der Waals surface area contributed by atoms with Crippen molar-refractivity contribution < 1.29 is 0 Å². The predicted octanol–water partition coefficient (Wildman–Crippen LogP) is 4.71. The molecular formula is C13H24. The number of allylic oxidation sites excluding steroid dienone is 1. The lowest BCUT2D eigenvalue weighted by Crippen LogP contribution is -2.08. The third-order valence-electron chi connectivity index (χ3n) is 2.40. The summed E-state index contributed by atoms with van der Waals surface area (Å²) in [7, 11) is 0. The Morgan fingerprint density at radius 2 is 1.77 bits per heavy atom. The van der Waals surface area contributed by atoms with Gasteiger partial charge in [-0.3, -0.25) is 0 Å². The van der Waals surface area contributed by atoms with Crippen molar-refractivity contribution in [1.82, 2.24) is 0 Å². The van der Waals surface area contributed by atoms with E-state index < -0.39 is 0 Å². The summed E-state index contributed by atoms with van der Waals surface area (Å²) in [6, 6.07) is 0. The van der Waals surface area contributed by atoms with Crippen LogP contribution >= 0.6 is 0 Å². The Hall–Kier alpha value is -0.480. The first kappa shape index (κ1) is 12.5. The standard InChI is InChI=1S/C13H24/c1-6-8-9-10-11-12(7-2)13(3,4)5/h2,6,8-11H2,1,3-5H3. The van der Waals surface area contributed by atoms with E-state index in [4.69, 9.17) is 0 Å². The van der Waals surface area contributed by atoms with Crippen LogP contribution < -0.4 is 0 Å². The van der Waals surface area contributed by atoms with Crippen LogP contribution in [0.25, 0.3) is 0 Å². The minimum Gasteiger partial charge on any atom is -0.129 e. The van der Waals surface area contributed by atoms with Gasteiger partial charge in [-0.05, 0) is 23.8 Å². The van der Waals surface area contributed by atoms with Crippen LogP contribution in [0.1, 0.15) is 59.8 Å². The van der Waals surface area contributed by atoms with Crippen molar-refractivity contribution in [3.05, 3.63) is 17.9 Å². The molecule has 13 heavy (non-hydrogen) atoms. The number of hydrogen-bond donors (Lipinski definition) is 0. The second kappa shape index (κ2) is 6.05. The van der Waals surface area contributed by atoms with Gasteiger partial charge in [0.15, 0.2) is 0 Å². The second-order valence-corrected chi connectivity index (χ2v) is 4.72. The Morgan fingerprint density at radius 1 is 1.15 bits per heavy atom. The molecule has 0 bridgehead atoms. The fraction of sp³-hybridized carbons (Fsp3) is 0.769. The SMILES string of the molecule is C=C=C(CCCCCC)C(C)(C)C. The molecule has 0 heteroatoms. The van der Waals surface area contributed by atoms with Crippen molar-refractivity contribution >= 4 is 0 Å². The first-order valence-corrected chi connectivity index (χ1v) is 5.41. The summed E-state index contributed by atoms with van der Waals surface area (Å²) in [4.78, 5) is 0. The second-order valence-electron chi connectivity index (χ2n) is 4.72. The normalized spacial score (nSPS) is 11.1. The monoisotopic (exact) mass is 180 g/mol. The van der Waals surface area contributed by atoms with Crippen molar-refractivity contribution in [3.63, 3.8) is 0 Å². The summed E-state index contributed by atoms with van der Waals surface area (Å²) in [6.45, 7) is 12.7. The molecule has 0 aliphatic carbocycles. The van der Waals surface area contributed by atoms with Gasteiger partial charge in [0.1, 0.15) is 0 Å². The lowest BCUT2D eigenvalue weighted by molar-refractivity contribution is 0.473. The average molecular weight is 180 g/mol. The Balaban J connectivity index is 3.83. The fourth-order valence-corrected chi connectivity index (χ4v) is 1.46. The highest BCUT2D eigenvalue weighted by Crippen LogP contribution is 2.28. The maximum absolute atomic E-state index is 3.76. The largest absolute Gasteiger partial charge is 0.129 e. The molecule has 0 aromatic carbocycles. The third-order valence-corrected chi connectivity index (χ3v) is 2.40. The maximum Gasteiger partial charge on any atom is -0.00973 e. The van der Waals surface area contributed by atoms with Crippen LogP contribution in [-0.4, -0.2) is 0 Å². The number of unbranched alkanes of at least 4 members (excludes halogenated alkanes) is 3. The topological polar surface area (TPSA) is 0 Å². The molecule has 0 fully saturated rings. The van der Waals surface area contributed by atoms with Gasteiger partial charge < -0.3 is 0 Å². The molecule has 0 aromatic heterocycles. The van der Waals surface area contributed by atoms with Gasteiger partial charge in [0.2, 0.25) is 0 Å².